The molecule has 0 fully saturated rings. The molecule has 6 heteroatoms. The van der Waals surface area contributed by atoms with Crippen molar-refractivity contribution in [2.45, 2.75) is 38.8 Å². The van der Waals surface area contributed by atoms with Crippen molar-refractivity contribution in [3.8, 4) is 5.75 Å². The molecule has 151 valence electrons. The zero-order valence-electron chi connectivity index (χ0n) is 16.5. The Morgan fingerprint density at radius 3 is 2.68 bits per heavy atom. The lowest BCUT2D eigenvalue weighted by Gasteiger charge is -2.24. The van der Waals surface area contributed by atoms with Crippen LogP contribution in [0.3, 0.4) is 0 Å². The van der Waals surface area contributed by atoms with Gasteiger partial charge < -0.3 is 15.2 Å². The minimum atomic E-state index is -0.698. The maximum absolute atomic E-state index is 11.1. The third-order valence-corrected chi connectivity index (χ3v) is 4.74. The zero-order chi connectivity index (χ0) is 20.5. The van der Waals surface area contributed by atoms with Gasteiger partial charge in [-0.15, -0.1) is 0 Å². The van der Waals surface area contributed by atoms with Gasteiger partial charge in [0.2, 0.25) is 0 Å². The number of para-hydroxylation sites is 1. The predicted octanol–water partition coefficient (Wildman–Crippen LogP) is 4.22. The minimum absolute atomic E-state index is 0.0648. The second kappa shape index (κ2) is 10.8. The van der Waals surface area contributed by atoms with Crippen molar-refractivity contribution in [1.82, 2.24) is 5.32 Å². The number of nitrogens with one attached hydrogen (secondary N) is 1. The van der Waals surface area contributed by atoms with Gasteiger partial charge >= 0.3 is 0 Å². The second-order valence-electron chi connectivity index (χ2n) is 7.17. The first kappa shape index (κ1) is 21.9. The Balaban J connectivity index is 1.99. The Morgan fingerprint density at radius 2 is 2.00 bits per heavy atom. The third kappa shape index (κ3) is 6.62. The highest BCUT2D eigenvalue weighted by Gasteiger charge is 2.18. The number of rotatable bonds is 11. The highest BCUT2D eigenvalue weighted by molar-refractivity contribution is 5.36. The van der Waals surface area contributed by atoms with Crippen molar-refractivity contribution in [1.29, 1.82) is 0 Å². The molecule has 0 aromatic heterocycles. The number of nitro benzene ring substituents is 1. The van der Waals surface area contributed by atoms with Gasteiger partial charge in [-0.1, -0.05) is 50.6 Å². The molecule has 2 aromatic carbocycles. The quantitative estimate of drug-likeness (QED) is 0.447. The fourth-order valence-electron chi connectivity index (χ4n) is 2.95. The average Bonchev–Trinajstić information content (AvgIpc) is 2.70. The van der Waals surface area contributed by atoms with Gasteiger partial charge in [0.25, 0.3) is 5.69 Å². The number of aliphatic hydroxyl groups is 1. The largest absolute Gasteiger partial charge is 0.491 e. The summed E-state index contributed by atoms with van der Waals surface area (Å²) in [6.45, 7) is 8.48. The molecule has 0 aliphatic rings. The number of ether oxygens (including phenoxy) is 1. The van der Waals surface area contributed by atoms with Crippen LogP contribution >= 0.6 is 0 Å². The van der Waals surface area contributed by atoms with E-state index < -0.39 is 11.0 Å². The Labute approximate surface area is 166 Å². The van der Waals surface area contributed by atoms with Crippen molar-refractivity contribution in [2.24, 2.45) is 5.92 Å². The molecule has 3 atom stereocenters. The number of hydrogen-bond donors (Lipinski definition) is 2. The van der Waals surface area contributed by atoms with Crippen LogP contribution in [0, 0.1) is 29.9 Å². The molecule has 6 nitrogen and oxygen atoms in total. The van der Waals surface area contributed by atoms with Gasteiger partial charge in [0.15, 0.2) is 0 Å². The number of aliphatic hydroxyl groups excluding tert-OH is 1. The molecule has 0 aliphatic carbocycles. The van der Waals surface area contributed by atoms with Gasteiger partial charge in [-0.25, -0.2) is 0 Å². The van der Waals surface area contributed by atoms with Crippen LogP contribution in [-0.2, 0) is 0 Å². The number of non-ortho nitro benzene ring substituents is 1. The van der Waals surface area contributed by atoms with Gasteiger partial charge in [0.05, 0.1) is 4.92 Å². The molecule has 0 amide bonds. The van der Waals surface area contributed by atoms with Crippen LogP contribution in [0.25, 0.3) is 0 Å². The highest BCUT2D eigenvalue weighted by atomic mass is 16.6. The number of aryl methyl sites for hydroxylation is 1. The molecule has 0 aliphatic heterocycles. The predicted molar refractivity (Wildman–Crippen MR) is 110 cm³/mol. The van der Waals surface area contributed by atoms with Crippen LogP contribution in [0.2, 0.25) is 0 Å². The van der Waals surface area contributed by atoms with E-state index in [1.165, 1.54) is 6.07 Å². The van der Waals surface area contributed by atoms with E-state index >= 15 is 0 Å². The number of benzene rings is 2. The van der Waals surface area contributed by atoms with E-state index in [1.807, 2.05) is 37.3 Å². The molecule has 2 rings (SSSR count). The van der Waals surface area contributed by atoms with E-state index in [4.69, 9.17) is 4.74 Å². The molecule has 28 heavy (non-hydrogen) atoms. The van der Waals surface area contributed by atoms with E-state index in [2.05, 4.69) is 19.2 Å². The van der Waals surface area contributed by atoms with Crippen molar-refractivity contribution < 1.29 is 14.8 Å². The first-order valence-corrected chi connectivity index (χ1v) is 9.54. The Bertz CT molecular complexity index is 766. The van der Waals surface area contributed by atoms with Crippen LogP contribution in [0.5, 0.6) is 5.75 Å². The van der Waals surface area contributed by atoms with Gasteiger partial charge in [0.1, 0.15) is 18.5 Å². The molecule has 2 N–H and O–H groups in total. The summed E-state index contributed by atoms with van der Waals surface area (Å²) in [6.07, 6.45) is 0.845. The zero-order valence-corrected chi connectivity index (χ0v) is 16.5. The van der Waals surface area contributed by atoms with Crippen molar-refractivity contribution >= 4 is 5.69 Å². The van der Waals surface area contributed by atoms with Crippen molar-refractivity contribution in [3.63, 3.8) is 0 Å². The van der Waals surface area contributed by atoms with E-state index in [1.54, 1.807) is 12.1 Å². The molecule has 0 bridgehead atoms. The minimum Gasteiger partial charge on any atom is -0.491 e. The van der Waals surface area contributed by atoms with E-state index in [0.717, 1.165) is 29.7 Å². The van der Waals surface area contributed by atoms with Crippen LogP contribution in [0.4, 0.5) is 5.69 Å². The monoisotopic (exact) mass is 385 g/mol. The number of hydrogen-bond acceptors (Lipinski definition) is 5. The smallest absolute Gasteiger partial charge is 0.269 e. The lowest BCUT2D eigenvalue weighted by atomic mass is 9.94. The topological polar surface area (TPSA) is 84.6 Å². The maximum Gasteiger partial charge on any atom is 0.269 e. The van der Waals surface area contributed by atoms with Gasteiger partial charge in [-0.2, -0.15) is 0 Å². The highest BCUT2D eigenvalue weighted by Crippen LogP contribution is 2.26. The van der Waals surface area contributed by atoms with Gasteiger partial charge in [0, 0.05) is 24.7 Å². The summed E-state index contributed by atoms with van der Waals surface area (Å²) < 4.78 is 5.70. The second-order valence-corrected chi connectivity index (χ2v) is 7.17. The molecular weight excluding hydrogens is 356 g/mol. The van der Waals surface area contributed by atoms with E-state index in [-0.39, 0.29) is 18.3 Å². The summed E-state index contributed by atoms with van der Waals surface area (Å²) in [4.78, 5) is 10.7. The first-order chi connectivity index (χ1) is 13.4. The molecule has 1 radical (unpaired) electrons. The standard InChI is InChI=1S/C22H29N2O4/c1-4-16(2)12-21(18-9-7-10-19(13-18)24(26)27)23-14-20(25)15-28-22-11-6-5-8-17(22)3/h5-11,13,16,20-21,23,25H,1,4,12,14-15H2,2-3H3/t16?,20-,21-/m0/s1. The van der Waals surface area contributed by atoms with Crippen molar-refractivity contribution in [3.05, 3.63) is 76.7 Å². The van der Waals surface area contributed by atoms with Crippen LogP contribution in [0.15, 0.2) is 48.5 Å². The molecule has 0 heterocycles. The Hall–Kier alpha value is -2.44. The average molecular weight is 385 g/mol. The third-order valence-electron chi connectivity index (χ3n) is 4.74. The van der Waals surface area contributed by atoms with Crippen LogP contribution in [-0.4, -0.2) is 29.3 Å². The lowest BCUT2D eigenvalue weighted by Crippen LogP contribution is -2.34. The molecule has 0 saturated heterocycles. The maximum atomic E-state index is 11.1. The summed E-state index contributed by atoms with van der Waals surface area (Å²) in [7, 11) is 0. The summed E-state index contributed by atoms with van der Waals surface area (Å²) in [5, 5.41) is 24.7. The molecule has 2 aromatic rings. The molecule has 1 unspecified atom stereocenters. The fourth-order valence-corrected chi connectivity index (χ4v) is 2.95. The first-order valence-electron chi connectivity index (χ1n) is 9.54. The van der Waals surface area contributed by atoms with E-state index in [9.17, 15) is 15.2 Å². The Morgan fingerprint density at radius 1 is 1.25 bits per heavy atom. The summed E-state index contributed by atoms with van der Waals surface area (Å²) in [5.41, 5.74) is 1.91. The van der Waals surface area contributed by atoms with Crippen molar-refractivity contribution in [2.75, 3.05) is 13.2 Å². The number of nitrogens with zero attached hydrogens (tertiary/aromatic N) is 1. The fraction of sp³-hybridized carbons (Fsp3) is 0.409. The normalized spacial score (nSPS) is 14.3. The van der Waals surface area contributed by atoms with Gasteiger partial charge in [-0.05, 0) is 36.5 Å². The number of nitro groups is 1. The summed E-state index contributed by atoms with van der Waals surface area (Å²) >= 11 is 0. The van der Waals surface area contributed by atoms with E-state index in [0.29, 0.717) is 12.5 Å². The summed E-state index contributed by atoms with van der Waals surface area (Å²) in [6, 6.07) is 14.2. The Kier molecular flexibility index (Phi) is 8.42. The van der Waals surface area contributed by atoms with Gasteiger partial charge in [-0.3, -0.25) is 10.1 Å². The van der Waals surface area contributed by atoms with Crippen LogP contribution in [0.1, 0.15) is 36.9 Å². The summed E-state index contributed by atoms with van der Waals surface area (Å²) in [5.74, 6) is 1.10. The lowest BCUT2D eigenvalue weighted by molar-refractivity contribution is -0.384. The molecule has 0 spiro atoms. The molecule has 0 saturated carbocycles. The van der Waals surface area contributed by atoms with Crippen LogP contribution < -0.4 is 10.1 Å². The molecular formula is C22H29N2O4. The SMILES string of the molecule is [CH2]CC(C)C[C@H](NC[C@H](O)COc1ccccc1C)c1cccc([N+](=O)[O-])c1.